The summed E-state index contributed by atoms with van der Waals surface area (Å²) in [5.41, 5.74) is 2.62. The van der Waals surface area contributed by atoms with E-state index in [0.29, 0.717) is 16.4 Å². The zero-order valence-electron chi connectivity index (χ0n) is 15.7. The number of amides is 1. The lowest BCUT2D eigenvalue weighted by molar-refractivity contribution is -0.140. The van der Waals surface area contributed by atoms with E-state index in [-0.39, 0.29) is 19.1 Å². The summed E-state index contributed by atoms with van der Waals surface area (Å²) < 4.78 is 11.0. The lowest BCUT2D eigenvalue weighted by Gasteiger charge is -2.17. The number of carbonyl (C=O) groups excluding carboxylic acids is 2. The van der Waals surface area contributed by atoms with Gasteiger partial charge in [0, 0.05) is 17.9 Å². The van der Waals surface area contributed by atoms with E-state index in [1.54, 1.807) is 11.5 Å². The Morgan fingerprint density at radius 1 is 1.14 bits per heavy atom. The average molecular weight is 406 g/mol. The summed E-state index contributed by atoms with van der Waals surface area (Å²) in [6.07, 6.45) is 1.78. The molecule has 0 unspecified atom stereocenters. The Morgan fingerprint density at radius 2 is 1.90 bits per heavy atom. The maximum absolute atomic E-state index is 12.4. The monoisotopic (exact) mass is 406 g/mol. The summed E-state index contributed by atoms with van der Waals surface area (Å²) in [6, 6.07) is 16.8. The van der Waals surface area contributed by atoms with E-state index in [1.165, 1.54) is 23.2 Å². The molecule has 0 atom stereocenters. The van der Waals surface area contributed by atoms with E-state index >= 15 is 0 Å². The molecule has 1 aromatic heterocycles. The van der Waals surface area contributed by atoms with Crippen molar-refractivity contribution in [2.75, 3.05) is 11.5 Å². The molecule has 0 saturated heterocycles. The van der Waals surface area contributed by atoms with Gasteiger partial charge in [-0.25, -0.2) is 9.78 Å². The predicted octanol–water partition coefficient (Wildman–Crippen LogP) is 4.35. The molecule has 7 heteroatoms. The molecule has 0 radical (unpaired) electrons. The number of aromatic nitrogens is 1. The van der Waals surface area contributed by atoms with Crippen LogP contribution in [0.15, 0.2) is 65.6 Å². The molecule has 1 aliphatic heterocycles. The summed E-state index contributed by atoms with van der Waals surface area (Å²) in [5, 5.41) is 2.31. The van der Waals surface area contributed by atoms with Gasteiger partial charge in [-0.15, -0.1) is 11.3 Å². The molecule has 2 aromatic carbocycles. The van der Waals surface area contributed by atoms with Gasteiger partial charge in [-0.2, -0.15) is 0 Å². The van der Waals surface area contributed by atoms with Crippen LogP contribution in [0.3, 0.4) is 0 Å². The van der Waals surface area contributed by atoms with Crippen molar-refractivity contribution in [3.05, 3.63) is 76.8 Å². The number of carbonyl (C=O) groups is 2. The van der Waals surface area contributed by atoms with Crippen molar-refractivity contribution < 1.29 is 19.1 Å². The number of esters is 1. The first-order valence-electron chi connectivity index (χ1n) is 9.01. The van der Waals surface area contributed by atoms with Gasteiger partial charge in [0.25, 0.3) is 0 Å². The molecule has 0 saturated carbocycles. The number of para-hydroxylation sites is 2. The molecular formula is C22H18N2O4S. The third-order valence-corrected chi connectivity index (χ3v) is 5.18. The van der Waals surface area contributed by atoms with Gasteiger partial charge in [0.05, 0.1) is 17.0 Å². The van der Waals surface area contributed by atoms with Crippen LogP contribution in [0.25, 0.3) is 6.08 Å². The van der Waals surface area contributed by atoms with Gasteiger partial charge in [0.15, 0.2) is 5.13 Å². The van der Waals surface area contributed by atoms with Crippen LogP contribution < -0.4 is 9.64 Å². The molecule has 0 aliphatic carbocycles. The fourth-order valence-electron chi connectivity index (χ4n) is 2.94. The molecule has 4 rings (SSSR count). The van der Waals surface area contributed by atoms with E-state index < -0.39 is 5.97 Å². The van der Waals surface area contributed by atoms with Crippen LogP contribution in [0.5, 0.6) is 5.75 Å². The number of hydrogen-bond donors (Lipinski definition) is 0. The molecule has 0 spiro atoms. The van der Waals surface area contributed by atoms with E-state index in [9.17, 15) is 9.59 Å². The Labute approximate surface area is 172 Å². The van der Waals surface area contributed by atoms with Crippen molar-refractivity contribution in [2.24, 2.45) is 0 Å². The summed E-state index contributed by atoms with van der Waals surface area (Å²) in [5.74, 6) is 0.163. The molecule has 0 N–H and O–H groups in total. The number of ether oxygens (including phenoxy) is 2. The highest BCUT2D eigenvalue weighted by atomic mass is 32.1. The van der Waals surface area contributed by atoms with Crippen LogP contribution in [-0.4, -0.2) is 23.5 Å². The van der Waals surface area contributed by atoms with Crippen molar-refractivity contribution >= 4 is 40.1 Å². The first kappa shape index (κ1) is 18.9. The second-order valence-corrected chi connectivity index (χ2v) is 7.22. The normalized spacial score (nSPS) is 12.4. The molecule has 1 aliphatic rings. The van der Waals surface area contributed by atoms with Crippen LogP contribution in [-0.2, 0) is 20.9 Å². The topological polar surface area (TPSA) is 68.7 Å². The lowest BCUT2D eigenvalue weighted by Crippen LogP contribution is -2.22. The van der Waals surface area contributed by atoms with Crippen LogP contribution >= 0.6 is 11.3 Å². The Bertz CT molecular complexity index is 1080. The van der Waals surface area contributed by atoms with E-state index in [4.69, 9.17) is 9.47 Å². The molecule has 0 fully saturated rings. The lowest BCUT2D eigenvalue weighted by atomic mass is 10.1. The zero-order chi connectivity index (χ0) is 20.2. The SMILES string of the molecule is CC(=O)N(c1ccccc1)c1nc(COC(=O)C2=Cc3ccccc3OC2)cs1. The highest BCUT2D eigenvalue weighted by Crippen LogP contribution is 2.29. The quantitative estimate of drug-likeness (QED) is 0.590. The molecule has 146 valence electrons. The van der Waals surface area contributed by atoms with Crippen molar-refractivity contribution in [1.82, 2.24) is 4.98 Å². The minimum Gasteiger partial charge on any atom is -0.488 e. The molecule has 2 heterocycles. The zero-order valence-corrected chi connectivity index (χ0v) is 16.5. The first-order chi connectivity index (χ1) is 14.1. The van der Waals surface area contributed by atoms with Gasteiger partial charge in [-0.1, -0.05) is 36.4 Å². The van der Waals surface area contributed by atoms with Crippen molar-refractivity contribution in [1.29, 1.82) is 0 Å². The maximum Gasteiger partial charge on any atom is 0.337 e. The molecule has 29 heavy (non-hydrogen) atoms. The summed E-state index contributed by atoms with van der Waals surface area (Å²) in [6.45, 7) is 1.68. The Balaban J connectivity index is 1.44. The smallest absolute Gasteiger partial charge is 0.337 e. The van der Waals surface area contributed by atoms with Crippen LogP contribution in [0, 0.1) is 0 Å². The van der Waals surface area contributed by atoms with Crippen LogP contribution in [0.4, 0.5) is 10.8 Å². The number of fused-ring (bicyclic) bond motifs is 1. The number of thiazole rings is 1. The van der Waals surface area contributed by atoms with Crippen LogP contribution in [0.1, 0.15) is 18.2 Å². The van der Waals surface area contributed by atoms with Gasteiger partial charge in [-0.3, -0.25) is 9.69 Å². The third kappa shape index (κ3) is 4.20. The third-order valence-electron chi connectivity index (χ3n) is 4.31. The predicted molar refractivity (Wildman–Crippen MR) is 111 cm³/mol. The van der Waals surface area contributed by atoms with Gasteiger partial charge in [0.1, 0.15) is 19.0 Å². The minimum absolute atomic E-state index is 0.0227. The summed E-state index contributed by atoms with van der Waals surface area (Å²) in [4.78, 5) is 30.5. The van der Waals surface area contributed by atoms with Crippen molar-refractivity contribution in [2.45, 2.75) is 13.5 Å². The maximum atomic E-state index is 12.4. The average Bonchev–Trinajstić information content (AvgIpc) is 3.20. The van der Waals surface area contributed by atoms with Crippen molar-refractivity contribution in [3.63, 3.8) is 0 Å². The largest absolute Gasteiger partial charge is 0.488 e. The molecule has 6 nitrogen and oxygen atoms in total. The molecule has 1 amide bonds. The molecule has 0 bridgehead atoms. The number of hydrogen-bond acceptors (Lipinski definition) is 6. The van der Waals surface area contributed by atoms with E-state index in [0.717, 1.165) is 17.0 Å². The number of benzene rings is 2. The van der Waals surface area contributed by atoms with Gasteiger partial charge < -0.3 is 9.47 Å². The Kier molecular flexibility index (Phi) is 5.39. The minimum atomic E-state index is -0.444. The molecule has 3 aromatic rings. The van der Waals surface area contributed by atoms with E-state index in [1.807, 2.05) is 54.6 Å². The first-order valence-corrected chi connectivity index (χ1v) is 9.89. The van der Waals surface area contributed by atoms with Crippen molar-refractivity contribution in [3.8, 4) is 5.75 Å². The number of rotatable bonds is 5. The highest BCUT2D eigenvalue weighted by molar-refractivity contribution is 7.14. The van der Waals surface area contributed by atoms with Crippen LogP contribution in [0.2, 0.25) is 0 Å². The number of nitrogens with zero attached hydrogens (tertiary/aromatic N) is 2. The summed E-state index contributed by atoms with van der Waals surface area (Å²) >= 11 is 1.32. The fourth-order valence-corrected chi connectivity index (χ4v) is 3.81. The summed E-state index contributed by atoms with van der Waals surface area (Å²) in [7, 11) is 0. The number of anilines is 2. The van der Waals surface area contributed by atoms with E-state index in [2.05, 4.69) is 4.98 Å². The van der Waals surface area contributed by atoms with Gasteiger partial charge in [0.2, 0.25) is 5.91 Å². The Morgan fingerprint density at radius 3 is 2.69 bits per heavy atom. The second kappa shape index (κ2) is 8.28. The second-order valence-electron chi connectivity index (χ2n) is 6.38. The van der Waals surface area contributed by atoms with Gasteiger partial charge in [-0.05, 0) is 24.3 Å². The standard InChI is InChI=1S/C22H18N2O4S/c1-15(25)24(19-8-3-2-4-9-19)22-23-18(14-29-22)13-28-21(26)17-11-16-7-5-6-10-20(16)27-12-17/h2-11,14H,12-13H2,1H3. The van der Waals surface area contributed by atoms with Gasteiger partial charge >= 0.3 is 5.97 Å². The molecular weight excluding hydrogens is 388 g/mol. The highest BCUT2D eigenvalue weighted by Gasteiger charge is 2.20. The Hall–Kier alpha value is -3.45. The fraction of sp³-hybridized carbons (Fsp3) is 0.136.